The average molecular weight is 258 g/mol. The number of rotatable bonds is 2. The number of nitrogens with one attached hydrogen (secondary N) is 2. The highest BCUT2D eigenvalue weighted by atomic mass is 16.1. The Balaban J connectivity index is 1.98. The molecular formula is C15H20N3O+. The second-order valence-corrected chi connectivity index (χ2v) is 5.41. The fraction of sp³-hybridized carbons (Fsp3) is 0.467. The maximum absolute atomic E-state index is 12.1. The Bertz CT molecular complexity index is 629. The minimum absolute atomic E-state index is 0.0242. The lowest BCUT2D eigenvalue weighted by Gasteiger charge is -2.28. The van der Waals surface area contributed by atoms with Crippen LogP contribution in [0.25, 0.3) is 10.9 Å². The number of piperidine rings is 1. The molecule has 19 heavy (non-hydrogen) atoms. The van der Waals surface area contributed by atoms with Gasteiger partial charge in [0, 0.05) is 0 Å². The molecule has 2 N–H and O–H groups in total. The minimum atomic E-state index is -0.0242. The molecular weight excluding hydrogens is 238 g/mol. The number of quaternary nitrogens is 1. The monoisotopic (exact) mass is 258 g/mol. The lowest BCUT2D eigenvalue weighted by atomic mass is 10.1. The topological polar surface area (TPSA) is 50.2 Å². The highest BCUT2D eigenvalue weighted by Gasteiger charge is 2.24. The standard InChI is InChI=1S/C15H19N3O/c1-11(18-9-5-2-6-10-18)14-16-13-8-4-3-7-12(13)15(19)17-14/h3-4,7-8,11H,2,5-6,9-10H2,1H3,(H,16,17,19)/p+1/t11-/m0/s1. The molecule has 1 aliphatic heterocycles. The summed E-state index contributed by atoms with van der Waals surface area (Å²) in [6, 6.07) is 7.79. The Morgan fingerprint density at radius 2 is 1.95 bits per heavy atom. The molecule has 100 valence electrons. The van der Waals surface area contributed by atoms with Gasteiger partial charge in [-0.3, -0.25) is 4.79 Å². The fourth-order valence-corrected chi connectivity index (χ4v) is 2.94. The summed E-state index contributed by atoms with van der Waals surface area (Å²) < 4.78 is 0. The SMILES string of the molecule is C[C@@H](c1nc2ccccc2c(=O)[nH]1)[NH+]1CCCCC1. The molecule has 0 unspecified atom stereocenters. The van der Waals surface area contributed by atoms with Crippen LogP contribution in [0, 0.1) is 0 Å². The summed E-state index contributed by atoms with van der Waals surface area (Å²) in [5.74, 6) is 0.820. The van der Waals surface area contributed by atoms with E-state index in [-0.39, 0.29) is 11.6 Å². The Labute approximate surface area is 112 Å². The van der Waals surface area contributed by atoms with Crippen molar-refractivity contribution in [3.63, 3.8) is 0 Å². The van der Waals surface area contributed by atoms with Gasteiger partial charge >= 0.3 is 0 Å². The van der Waals surface area contributed by atoms with E-state index in [4.69, 9.17) is 0 Å². The molecule has 2 heterocycles. The maximum atomic E-state index is 12.1. The zero-order valence-corrected chi connectivity index (χ0v) is 11.3. The normalized spacial score (nSPS) is 18.6. The van der Waals surface area contributed by atoms with Gasteiger partial charge in [-0.1, -0.05) is 12.1 Å². The molecule has 1 aromatic carbocycles. The highest BCUT2D eigenvalue weighted by Crippen LogP contribution is 2.10. The first kappa shape index (κ1) is 12.4. The molecule has 1 aromatic heterocycles. The van der Waals surface area contributed by atoms with Crippen LogP contribution in [0.15, 0.2) is 29.1 Å². The first-order valence-corrected chi connectivity index (χ1v) is 7.09. The number of likely N-dealkylation sites (tertiary alicyclic amines) is 1. The maximum Gasteiger partial charge on any atom is 0.258 e. The minimum Gasteiger partial charge on any atom is -0.326 e. The van der Waals surface area contributed by atoms with Crippen LogP contribution in [-0.4, -0.2) is 23.1 Å². The Kier molecular flexibility index (Phi) is 3.34. The summed E-state index contributed by atoms with van der Waals surface area (Å²) in [7, 11) is 0. The van der Waals surface area contributed by atoms with Crippen molar-refractivity contribution in [3.8, 4) is 0 Å². The largest absolute Gasteiger partial charge is 0.326 e. The van der Waals surface area contributed by atoms with E-state index >= 15 is 0 Å². The van der Waals surface area contributed by atoms with Crippen molar-refractivity contribution in [2.45, 2.75) is 32.2 Å². The number of para-hydroxylation sites is 1. The quantitative estimate of drug-likeness (QED) is 0.846. The van der Waals surface area contributed by atoms with E-state index in [2.05, 4.69) is 16.9 Å². The van der Waals surface area contributed by atoms with Gasteiger partial charge in [0.05, 0.1) is 24.0 Å². The number of H-pyrrole nitrogens is 1. The number of nitrogens with zero attached hydrogens (tertiary/aromatic N) is 1. The Morgan fingerprint density at radius 3 is 2.74 bits per heavy atom. The van der Waals surface area contributed by atoms with E-state index in [0.717, 1.165) is 11.3 Å². The van der Waals surface area contributed by atoms with Crippen molar-refractivity contribution in [3.05, 3.63) is 40.4 Å². The van der Waals surface area contributed by atoms with Crippen molar-refractivity contribution >= 4 is 10.9 Å². The van der Waals surface area contributed by atoms with Gasteiger partial charge in [0.15, 0.2) is 5.82 Å². The fourth-order valence-electron chi connectivity index (χ4n) is 2.94. The molecule has 0 amide bonds. The van der Waals surface area contributed by atoms with Crippen LogP contribution >= 0.6 is 0 Å². The summed E-state index contributed by atoms with van der Waals surface area (Å²) in [6.07, 6.45) is 3.88. The second-order valence-electron chi connectivity index (χ2n) is 5.41. The summed E-state index contributed by atoms with van der Waals surface area (Å²) in [6.45, 7) is 4.52. The van der Waals surface area contributed by atoms with Crippen molar-refractivity contribution in [1.82, 2.24) is 9.97 Å². The molecule has 0 radical (unpaired) electrons. The molecule has 0 saturated carbocycles. The van der Waals surface area contributed by atoms with Crippen LogP contribution in [0.1, 0.15) is 38.1 Å². The summed E-state index contributed by atoms with van der Waals surface area (Å²) in [4.78, 5) is 21.2. The predicted molar refractivity (Wildman–Crippen MR) is 75.3 cm³/mol. The van der Waals surface area contributed by atoms with Gasteiger partial charge in [-0.15, -0.1) is 0 Å². The number of hydrogen-bond donors (Lipinski definition) is 2. The molecule has 4 nitrogen and oxygen atoms in total. The second kappa shape index (κ2) is 5.13. The summed E-state index contributed by atoms with van der Waals surface area (Å²) in [5.41, 5.74) is 0.772. The number of aromatic nitrogens is 2. The van der Waals surface area contributed by atoms with Crippen molar-refractivity contribution in [2.75, 3.05) is 13.1 Å². The lowest BCUT2D eigenvalue weighted by molar-refractivity contribution is -0.934. The molecule has 0 aliphatic carbocycles. The van der Waals surface area contributed by atoms with Crippen LogP contribution < -0.4 is 10.5 Å². The van der Waals surface area contributed by atoms with E-state index in [0.29, 0.717) is 5.39 Å². The van der Waals surface area contributed by atoms with Crippen LogP contribution in [0.5, 0.6) is 0 Å². The van der Waals surface area contributed by atoms with Crippen molar-refractivity contribution < 1.29 is 4.90 Å². The molecule has 1 aliphatic rings. The third-order valence-corrected chi connectivity index (χ3v) is 4.15. The van der Waals surface area contributed by atoms with Crippen LogP contribution in [-0.2, 0) is 0 Å². The van der Waals surface area contributed by atoms with Crippen LogP contribution in [0.3, 0.4) is 0 Å². The van der Waals surface area contributed by atoms with Crippen molar-refractivity contribution in [2.24, 2.45) is 0 Å². The third-order valence-electron chi connectivity index (χ3n) is 4.15. The van der Waals surface area contributed by atoms with Gasteiger partial charge in [-0.2, -0.15) is 0 Å². The van der Waals surface area contributed by atoms with Gasteiger partial charge in [-0.25, -0.2) is 4.98 Å². The zero-order chi connectivity index (χ0) is 13.2. The van der Waals surface area contributed by atoms with Gasteiger partial charge in [0.25, 0.3) is 5.56 Å². The molecule has 2 aromatic rings. The average Bonchev–Trinajstić information content (AvgIpc) is 2.47. The number of fused-ring (bicyclic) bond motifs is 1. The van der Waals surface area contributed by atoms with E-state index in [1.165, 1.54) is 37.3 Å². The molecule has 1 atom stereocenters. The van der Waals surface area contributed by atoms with E-state index < -0.39 is 0 Å². The summed E-state index contributed by atoms with van der Waals surface area (Å²) in [5, 5.41) is 0.673. The number of benzene rings is 1. The molecule has 3 rings (SSSR count). The van der Waals surface area contributed by atoms with Gasteiger partial charge in [0.2, 0.25) is 0 Å². The Hall–Kier alpha value is -1.68. The first-order valence-electron chi connectivity index (χ1n) is 7.09. The van der Waals surface area contributed by atoms with E-state index in [1.54, 1.807) is 0 Å². The van der Waals surface area contributed by atoms with Crippen molar-refractivity contribution in [1.29, 1.82) is 0 Å². The first-order chi connectivity index (χ1) is 9.25. The van der Waals surface area contributed by atoms with Gasteiger partial charge in [0.1, 0.15) is 6.04 Å². The predicted octanol–water partition coefficient (Wildman–Crippen LogP) is 1.05. The molecule has 1 fully saturated rings. The third kappa shape index (κ3) is 2.40. The van der Waals surface area contributed by atoms with E-state index in [1.807, 2.05) is 24.3 Å². The summed E-state index contributed by atoms with van der Waals surface area (Å²) >= 11 is 0. The molecule has 4 heteroatoms. The van der Waals surface area contributed by atoms with Gasteiger partial charge < -0.3 is 9.88 Å². The Morgan fingerprint density at radius 1 is 1.21 bits per heavy atom. The van der Waals surface area contributed by atoms with E-state index in [9.17, 15) is 4.79 Å². The lowest BCUT2D eigenvalue weighted by Crippen LogP contribution is -3.12. The molecule has 0 bridgehead atoms. The van der Waals surface area contributed by atoms with Crippen LogP contribution in [0.4, 0.5) is 0 Å². The smallest absolute Gasteiger partial charge is 0.258 e. The van der Waals surface area contributed by atoms with Crippen LogP contribution in [0.2, 0.25) is 0 Å². The highest BCUT2D eigenvalue weighted by molar-refractivity contribution is 5.77. The van der Waals surface area contributed by atoms with Gasteiger partial charge in [-0.05, 0) is 38.3 Å². The zero-order valence-electron chi connectivity index (χ0n) is 11.3. The number of hydrogen-bond acceptors (Lipinski definition) is 2. The number of aromatic amines is 1. The molecule has 1 saturated heterocycles. The molecule has 0 spiro atoms.